The summed E-state index contributed by atoms with van der Waals surface area (Å²) in [6.07, 6.45) is 7.21. The molecule has 0 spiro atoms. The van der Waals surface area contributed by atoms with Crippen molar-refractivity contribution in [2.45, 2.75) is 58.4 Å². The van der Waals surface area contributed by atoms with Gasteiger partial charge in [-0.05, 0) is 32.1 Å². The smallest absolute Gasteiger partial charge is 0.313 e. The molecule has 3 aliphatic rings. The second-order valence-electron chi connectivity index (χ2n) is 7.88. The van der Waals surface area contributed by atoms with Crippen molar-refractivity contribution in [3.8, 4) is 11.5 Å². The minimum Gasteiger partial charge on any atom is -0.462 e. The first-order valence-electron chi connectivity index (χ1n) is 8.30. The highest BCUT2D eigenvalue weighted by Crippen LogP contribution is 2.49. The Labute approximate surface area is 129 Å². The molecule has 2 nitrogen and oxygen atoms in total. The lowest BCUT2D eigenvalue weighted by Crippen LogP contribution is -2.37. The quantitative estimate of drug-likeness (QED) is 0.294. The van der Waals surface area contributed by atoms with E-state index in [1.807, 2.05) is 6.92 Å². The molecule has 21 heavy (non-hydrogen) atoms. The van der Waals surface area contributed by atoms with Gasteiger partial charge in [-0.3, -0.25) is 4.79 Å². The largest absolute Gasteiger partial charge is 0.462 e. The van der Waals surface area contributed by atoms with E-state index in [9.17, 15) is 4.79 Å². The molecule has 0 aromatic rings. The van der Waals surface area contributed by atoms with Crippen LogP contribution in [0.15, 0.2) is 11.6 Å². The predicted molar refractivity (Wildman–Crippen MR) is 87.2 cm³/mol. The van der Waals surface area contributed by atoms with E-state index in [4.69, 9.17) is 4.74 Å². The molecule has 0 bridgehead atoms. The number of rotatable bonds is 0. The topological polar surface area (TPSA) is 26.3 Å². The zero-order chi connectivity index (χ0) is 15.2. The molecule has 0 aromatic carbocycles. The Morgan fingerprint density at radius 3 is 2.76 bits per heavy atom. The maximum Gasteiger partial charge on any atom is 0.313 e. The van der Waals surface area contributed by atoms with Crippen molar-refractivity contribution in [2.24, 2.45) is 23.7 Å². The molecule has 3 heteroatoms. The van der Waals surface area contributed by atoms with Crippen LogP contribution >= 0.6 is 0 Å². The maximum absolute atomic E-state index is 12.1. The number of cyclic esters (lactones) is 1. The fraction of sp³-hybridized carbons (Fsp3) is 0.722. The van der Waals surface area contributed by atoms with E-state index in [0.717, 1.165) is 6.42 Å². The first-order valence-corrected chi connectivity index (χ1v) is 11.8. The van der Waals surface area contributed by atoms with E-state index in [0.29, 0.717) is 11.8 Å². The summed E-state index contributed by atoms with van der Waals surface area (Å²) < 4.78 is 5.54. The molecule has 1 heterocycles. The van der Waals surface area contributed by atoms with Crippen molar-refractivity contribution < 1.29 is 9.53 Å². The van der Waals surface area contributed by atoms with Crippen LogP contribution in [0, 0.1) is 35.1 Å². The van der Waals surface area contributed by atoms with Gasteiger partial charge in [0.15, 0.2) is 0 Å². The summed E-state index contributed by atoms with van der Waals surface area (Å²) >= 11 is 0. The molecule has 3 rings (SSSR count). The van der Waals surface area contributed by atoms with Crippen molar-refractivity contribution in [2.75, 3.05) is 0 Å². The van der Waals surface area contributed by atoms with Crippen LogP contribution < -0.4 is 0 Å². The number of ether oxygens (including phenoxy) is 1. The van der Waals surface area contributed by atoms with Crippen molar-refractivity contribution in [3.63, 3.8) is 0 Å². The Bertz CT molecular complexity index is 532. The fourth-order valence-corrected chi connectivity index (χ4v) is 4.76. The van der Waals surface area contributed by atoms with E-state index in [1.54, 1.807) is 0 Å². The van der Waals surface area contributed by atoms with Gasteiger partial charge in [0.1, 0.15) is 14.2 Å². The van der Waals surface area contributed by atoms with Gasteiger partial charge < -0.3 is 4.74 Å². The van der Waals surface area contributed by atoms with Gasteiger partial charge in [-0.1, -0.05) is 37.7 Å². The standard InChI is InChI=1S/C18H26O2Si/c1-12-17-15(9-10-21(2,3)4)14-8-6-5-7-13(14)11-16(17)18(19)20-12/h11-12,14-17H,5-8H2,1-4H3/t12-,14-,15+,16+,17+/m0/s1. The lowest BCUT2D eigenvalue weighted by molar-refractivity contribution is -0.142. The summed E-state index contributed by atoms with van der Waals surface area (Å²) in [5, 5.41) is 0. The third kappa shape index (κ3) is 2.83. The van der Waals surface area contributed by atoms with E-state index < -0.39 is 8.07 Å². The molecular formula is C18H26O2Si. The average Bonchev–Trinajstić information content (AvgIpc) is 2.69. The van der Waals surface area contributed by atoms with Crippen LogP contribution in [0.1, 0.15) is 32.6 Å². The van der Waals surface area contributed by atoms with E-state index in [2.05, 4.69) is 37.2 Å². The lowest BCUT2D eigenvalue weighted by atomic mass is 9.63. The van der Waals surface area contributed by atoms with Crippen LogP contribution in [0.4, 0.5) is 0 Å². The van der Waals surface area contributed by atoms with Crippen LogP contribution in [0.5, 0.6) is 0 Å². The predicted octanol–water partition coefficient (Wildman–Crippen LogP) is 3.79. The second-order valence-corrected chi connectivity index (χ2v) is 12.6. The summed E-state index contributed by atoms with van der Waals surface area (Å²) in [4.78, 5) is 12.1. The molecule has 0 N–H and O–H groups in total. The van der Waals surface area contributed by atoms with Crippen LogP contribution in [-0.2, 0) is 9.53 Å². The molecule has 0 radical (unpaired) electrons. The summed E-state index contributed by atoms with van der Waals surface area (Å²) in [7, 11) is -1.39. The van der Waals surface area contributed by atoms with E-state index >= 15 is 0 Å². The van der Waals surface area contributed by atoms with Gasteiger partial charge >= 0.3 is 5.97 Å². The minimum atomic E-state index is -1.39. The van der Waals surface area contributed by atoms with Crippen LogP contribution in [0.3, 0.4) is 0 Å². The SMILES string of the molecule is C[C@@H]1OC(=O)[C@@H]2C=C3CCCC[C@@H]3[C@@H](C#C[Si](C)(C)C)[C@@H]12. The molecule has 0 unspecified atom stereocenters. The second kappa shape index (κ2) is 5.32. The van der Waals surface area contributed by atoms with Gasteiger partial charge in [-0.2, -0.15) is 0 Å². The van der Waals surface area contributed by atoms with Gasteiger partial charge in [0.25, 0.3) is 0 Å². The molecule has 114 valence electrons. The van der Waals surface area contributed by atoms with Gasteiger partial charge in [-0.15, -0.1) is 11.5 Å². The molecule has 2 fully saturated rings. The summed E-state index contributed by atoms with van der Waals surface area (Å²) in [5.74, 6) is 4.73. The molecular weight excluding hydrogens is 276 g/mol. The zero-order valence-electron chi connectivity index (χ0n) is 13.6. The fourth-order valence-electron chi connectivity index (χ4n) is 4.16. The molecule has 0 aromatic heterocycles. The normalized spacial score (nSPS) is 38.6. The average molecular weight is 302 g/mol. The number of carbonyl (C=O) groups excluding carboxylic acids is 1. The van der Waals surface area contributed by atoms with Crippen molar-refractivity contribution in [1.82, 2.24) is 0 Å². The summed E-state index contributed by atoms with van der Waals surface area (Å²) in [6, 6.07) is 0. The number of hydrogen-bond donors (Lipinski definition) is 0. The highest BCUT2D eigenvalue weighted by atomic mass is 28.3. The Balaban J connectivity index is 1.99. The third-order valence-corrected chi connectivity index (χ3v) is 5.99. The molecule has 0 amide bonds. The monoisotopic (exact) mass is 302 g/mol. The highest BCUT2D eigenvalue weighted by molar-refractivity contribution is 6.83. The van der Waals surface area contributed by atoms with E-state index in [-0.39, 0.29) is 23.9 Å². The highest BCUT2D eigenvalue weighted by Gasteiger charge is 2.50. The van der Waals surface area contributed by atoms with E-state index in [1.165, 1.54) is 24.8 Å². The number of allylic oxidation sites excluding steroid dienone is 1. The number of esters is 1. The molecule has 1 aliphatic heterocycles. The minimum absolute atomic E-state index is 0.0168. The lowest BCUT2D eigenvalue weighted by Gasteiger charge is -2.39. The van der Waals surface area contributed by atoms with Crippen LogP contribution in [-0.4, -0.2) is 20.1 Å². The molecule has 2 aliphatic carbocycles. The number of fused-ring (bicyclic) bond motifs is 2. The first-order chi connectivity index (χ1) is 9.87. The Morgan fingerprint density at radius 2 is 2.05 bits per heavy atom. The summed E-state index contributed by atoms with van der Waals surface area (Å²) in [6.45, 7) is 8.92. The van der Waals surface area contributed by atoms with Crippen LogP contribution in [0.25, 0.3) is 0 Å². The molecule has 1 saturated heterocycles. The van der Waals surface area contributed by atoms with Crippen molar-refractivity contribution in [3.05, 3.63) is 11.6 Å². The van der Waals surface area contributed by atoms with Crippen LogP contribution in [0.2, 0.25) is 19.6 Å². The molecule has 1 saturated carbocycles. The van der Waals surface area contributed by atoms with Gasteiger partial charge in [0.2, 0.25) is 0 Å². The Hall–Kier alpha value is -1.01. The number of carbonyl (C=O) groups is 1. The first kappa shape index (κ1) is 14.9. The Morgan fingerprint density at radius 1 is 1.29 bits per heavy atom. The zero-order valence-corrected chi connectivity index (χ0v) is 14.6. The van der Waals surface area contributed by atoms with Gasteiger partial charge in [0, 0.05) is 11.8 Å². The maximum atomic E-state index is 12.1. The third-order valence-electron chi connectivity index (χ3n) is 5.09. The number of hydrogen-bond acceptors (Lipinski definition) is 2. The Kier molecular flexibility index (Phi) is 3.77. The molecule has 5 atom stereocenters. The van der Waals surface area contributed by atoms with Gasteiger partial charge in [-0.25, -0.2) is 0 Å². The van der Waals surface area contributed by atoms with Crippen molar-refractivity contribution >= 4 is 14.0 Å². The summed E-state index contributed by atoms with van der Waals surface area (Å²) in [5.41, 5.74) is 5.06. The van der Waals surface area contributed by atoms with Crippen molar-refractivity contribution in [1.29, 1.82) is 0 Å². The van der Waals surface area contributed by atoms with Gasteiger partial charge in [0.05, 0.1) is 5.92 Å².